The highest BCUT2D eigenvalue weighted by molar-refractivity contribution is 6.08. The lowest BCUT2D eigenvalue weighted by atomic mass is 10.0. The predicted octanol–water partition coefficient (Wildman–Crippen LogP) is 4.03. The van der Waals surface area contributed by atoms with Crippen LogP contribution in [0.25, 0.3) is 22.6 Å². The summed E-state index contributed by atoms with van der Waals surface area (Å²) in [7, 11) is 1.40. The van der Waals surface area contributed by atoms with Crippen LogP contribution in [-0.4, -0.2) is 36.0 Å². The van der Waals surface area contributed by atoms with Crippen molar-refractivity contribution in [3.63, 3.8) is 0 Å². The number of ether oxygens (including phenoxy) is 1. The number of nitrogens with zero attached hydrogens (tertiary/aromatic N) is 1. The molecule has 0 fully saturated rings. The van der Waals surface area contributed by atoms with Crippen molar-refractivity contribution in [1.82, 2.24) is 15.6 Å². The quantitative estimate of drug-likeness (QED) is 0.594. The third-order valence-electron chi connectivity index (χ3n) is 5.68. The van der Waals surface area contributed by atoms with Crippen molar-refractivity contribution in [2.24, 2.45) is 0 Å². The number of fused-ring (bicyclic) bond motifs is 2. The van der Waals surface area contributed by atoms with Crippen molar-refractivity contribution < 1.29 is 19.1 Å². The van der Waals surface area contributed by atoms with Gasteiger partial charge in [-0.15, -0.1) is 0 Å². The number of carbonyl (C=O) groups excluding carboxylic acids is 3. The normalized spacial score (nSPS) is 14.6. The molecule has 1 aromatic heterocycles. The van der Waals surface area contributed by atoms with E-state index in [1.807, 2.05) is 31.2 Å². The molecule has 1 unspecified atom stereocenters. The second-order valence-corrected chi connectivity index (χ2v) is 8.03. The van der Waals surface area contributed by atoms with Gasteiger partial charge in [0.2, 0.25) is 0 Å². The Labute approximate surface area is 191 Å². The van der Waals surface area contributed by atoms with Crippen LogP contribution in [0.3, 0.4) is 0 Å². The van der Waals surface area contributed by atoms with E-state index in [0.717, 1.165) is 28.8 Å². The Morgan fingerprint density at radius 3 is 2.52 bits per heavy atom. The molecule has 2 N–H and O–H groups in total. The number of pyridine rings is 1. The zero-order chi connectivity index (χ0) is 23.5. The van der Waals surface area contributed by atoms with Gasteiger partial charge >= 0.3 is 12.0 Å². The Kier molecular flexibility index (Phi) is 6.22. The summed E-state index contributed by atoms with van der Waals surface area (Å²) in [5.74, 6) is -1.31. The van der Waals surface area contributed by atoms with Crippen molar-refractivity contribution >= 4 is 40.5 Å². The molecule has 1 aliphatic carbocycles. The van der Waals surface area contributed by atoms with Gasteiger partial charge in [0.25, 0.3) is 5.91 Å². The maximum Gasteiger partial charge on any atom is 0.339 e. The highest BCUT2D eigenvalue weighted by Crippen LogP contribution is 2.38. The average molecular weight is 444 g/mol. The smallest absolute Gasteiger partial charge is 0.339 e. The Bertz CT molecular complexity index is 1280. The number of benzene rings is 2. The topological polar surface area (TPSA) is 97.4 Å². The molecule has 2 aromatic carbocycles. The summed E-state index contributed by atoms with van der Waals surface area (Å²) < 4.78 is 5.47. The first-order valence-electron chi connectivity index (χ1n) is 10.8. The second kappa shape index (κ2) is 9.24. The number of hydrogen-bond donors (Lipinski definition) is 2. The van der Waals surface area contributed by atoms with Crippen LogP contribution >= 0.6 is 0 Å². The van der Waals surface area contributed by atoms with Crippen molar-refractivity contribution in [2.75, 3.05) is 7.05 Å². The van der Waals surface area contributed by atoms with Crippen LogP contribution in [-0.2, 0) is 16.0 Å². The summed E-state index contributed by atoms with van der Waals surface area (Å²) in [6, 6.07) is 15.0. The largest absolute Gasteiger partial charge is 0.449 e. The van der Waals surface area contributed by atoms with E-state index >= 15 is 0 Å². The minimum absolute atomic E-state index is 0.419. The second-order valence-electron chi connectivity index (χ2n) is 8.03. The van der Waals surface area contributed by atoms with E-state index in [-0.39, 0.29) is 0 Å². The third kappa shape index (κ3) is 4.62. The van der Waals surface area contributed by atoms with Gasteiger partial charge in [-0.25, -0.2) is 14.6 Å². The first-order chi connectivity index (χ1) is 15.9. The fraction of sp³-hybridized carbons (Fsp3) is 0.231. The number of esters is 1. The molecule has 33 heavy (non-hydrogen) atoms. The molecule has 0 spiro atoms. The zero-order valence-electron chi connectivity index (χ0n) is 18.8. The molecule has 0 bridgehead atoms. The molecule has 3 aromatic rings. The number of carbonyl (C=O) groups is 3. The molecule has 0 radical (unpaired) electrons. The van der Waals surface area contributed by atoms with Crippen LogP contribution < -0.4 is 10.6 Å². The SMILES string of the molecule is CNC(=O)NC(=O)C(C)OC(=O)c1c2c(nc3ccccc13)/C(=C/c1ccc(C)cc1)CC2. The fourth-order valence-electron chi connectivity index (χ4n) is 3.93. The lowest BCUT2D eigenvalue weighted by Crippen LogP contribution is -2.43. The first kappa shape index (κ1) is 22.2. The number of hydrogen-bond acceptors (Lipinski definition) is 5. The molecule has 1 aliphatic rings. The van der Waals surface area contributed by atoms with Gasteiger partial charge in [-0.1, -0.05) is 48.0 Å². The predicted molar refractivity (Wildman–Crippen MR) is 127 cm³/mol. The van der Waals surface area contributed by atoms with E-state index < -0.39 is 24.0 Å². The summed E-state index contributed by atoms with van der Waals surface area (Å²) in [6.07, 6.45) is 2.36. The lowest BCUT2D eigenvalue weighted by Gasteiger charge is -2.16. The van der Waals surface area contributed by atoms with Gasteiger partial charge in [-0.3, -0.25) is 10.1 Å². The minimum Gasteiger partial charge on any atom is -0.449 e. The molecule has 3 amide bonds. The maximum atomic E-state index is 13.2. The Balaban J connectivity index is 1.72. The minimum atomic E-state index is -1.14. The number of imide groups is 1. The number of para-hydroxylation sites is 1. The van der Waals surface area contributed by atoms with Crippen LogP contribution in [0.2, 0.25) is 0 Å². The van der Waals surface area contributed by atoms with E-state index in [2.05, 4.69) is 41.0 Å². The van der Waals surface area contributed by atoms with E-state index in [9.17, 15) is 14.4 Å². The van der Waals surface area contributed by atoms with Gasteiger partial charge in [-0.2, -0.15) is 0 Å². The number of urea groups is 1. The molecule has 168 valence electrons. The number of allylic oxidation sites excluding steroid dienone is 1. The van der Waals surface area contributed by atoms with Crippen molar-refractivity contribution in [1.29, 1.82) is 0 Å². The molecular formula is C26H25N3O4. The van der Waals surface area contributed by atoms with E-state index in [1.165, 1.54) is 19.5 Å². The van der Waals surface area contributed by atoms with Crippen LogP contribution in [0.4, 0.5) is 4.79 Å². The van der Waals surface area contributed by atoms with Crippen LogP contribution in [0, 0.1) is 6.92 Å². The molecule has 0 saturated carbocycles. The highest BCUT2D eigenvalue weighted by Gasteiger charge is 2.29. The van der Waals surface area contributed by atoms with Gasteiger partial charge in [0.1, 0.15) is 0 Å². The Morgan fingerprint density at radius 1 is 1.06 bits per heavy atom. The molecule has 0 saturated heterocycles. The van der Waals surface area contributed by atoms with Gasteiger partial charge < -0.3 is 10.1 Å². The number of rotatable bonds is 4. The first-order valence-corrected chi connectivity index (χ1v) is 10.8. The van der Waals surface area contributed by atoms with Gasteiger partial charge in [0.15, 0.2) is 6.10 Å². The van der Waals surface area contributed by atoms with Crippen molar-refractivity contribution in [3.8, 4) is 0 Å². The van der Waals surface area contributed by atoms with Crippen LogP contribution in [0.5, 0.6) is 0 Å². The Morgan fingerprint density at radius 2 is 1.79 bits per heavy atom. The molecule has 4 rings (SSSR count). The number of aromatic nitrogens is 1. The summed E-state index contributed by atoms with van der Waals surface area (Å²) in [5, 5.41) is 5.10. The van der Waals surface area contributed by atoms with E-state index in [1.54, 1.807) is 0 Å². The number of nitrogens with one attached hydrogen (secondary N) is 2. The molecular weight excluding hydrogens is 418 g/mol. The van der Waals surface area contributed by atoms with E-state index in [4.69, 9.17) is 9.72 Å². The number of aryl methyl sites for hydroxylation is 1. The van der Waals surface area contributed by atoms with Crippen molar-refractivity contribution in [2.45, 2.75) is 32.8 Å². The Hall–Kier alpha value is -4.00. The summed E-state index contributed by atoms with van der Waals surface area (Å²) in [4.78, 5) is 41.7. The zero-order valence-corrected chi connectivity index (χ0v) is 18.8. The maximum absolute atomic E-state index is 13.2. The van der Waals surface area contributed by atoms with Crippen LogP contribution in [0.15, 0.2) is 48.5 Å². The summed E-state index contributed by atoms with van der Waals surface area (Å²) >= 11 is 0. The van der Waals surface area contributed by atoms with Crippen molar-refractivity contribution in [3.05, 3.63) is 76.5 Å². The lowest BCUT2D eigenvalue weighted by molar-refractivity contribution is -0.127. The van der Waals surface area contributed by atoms with Crippen LogP contribution in [0.1, 0.15) is 46.1 Å². The molecule has 7 nitrogen and oxygen atoms in total. The summed E-state index contributed by atoms with van der Waals surface area (Å²) in [5.41, 5.74) is 6.01. The van der Waals surface area contributed by atoms with Gasteiger partial charge in [-0.05, 0) is 55.5 Å². The highest BCUT2D eigenvalue weighted by atomic mass is 16.5. The molecule has 1 heterocycles. The molecule has 7 heteroatoms. The third-order valence-corrected chi connectivity index (χ3v) is 5.68. The van der Waals surface area contributed by atoms with E-state index in [0.29, 0.717) is 22.9 Å². The summed E-state index contributed by atoms with van der Waals surface area (Å²) in [6.45, 7) is 3.48. The molecule has 0 aliphatic heterocycles. The molecule has 1 atom stereocenters. The monoisotopic (exact) mass is 443 g/mol. The fourth-order valence-corrected chi connectivity index (χ4v) is 3.93. The standard InChI is InChI=1S/C26H25N3O4/c1-15-8-10-17(11-9-15)14-18-12-13-20-22(19-6-4-5-7-21(19)28-23(18)20)25(31)33-16(2)24(30)29-26(32)27-3/h4-11,14,16H,12-13H2,1-3H3,(H2,27,29,30,32)/b18-14+. The average Bonchev–Trinajstić information content (AvgIpc) is 3.20. The number of amides is 3. The van der Waals surface area contributed by atoms with Gasteiger partial charge in [0, 0.05) is 12.4 Å². The van der Waals surface area contributed by atoms with Gasteiger partial charge in [0.05, 0.1) is 16.8 Å².